The molecule has 21 heavy (non-hydrogen) atoms. The Morgan fingerprint density at radius 2 is 2.00 bits per heavy atom. The van der Waals surface area contributed by atoms with Gasteiger partial charge in [-0.3, -0.25) is 0 Å². The van der Waals surface area contributed by atoms with Crippen LogP contribution in [0, 0.1) is 0 Å². The van der Waals surface area contributed by atoms with E-state index in [0.29, 0.717) is 19.2 Å². The number of nitrogens with zero attached hydrogens (tertiary/aromatic N) is 2. The molecule has 0 saturated heterocycles. The van der Waals surface area contributed by atoms with Crippen LogP contribution in [0.3, 0.4) is 0 Å². The van der Waals surface area contributed by atoms with Crippen molar-refractivity contribution in [2.75, 3.05) is 25.2 Å². The van der Waals surface area contributed by atoms with Crippen molar-refractivity contribution >= 4 is 16.5 Å². The highest BCUT2D eigenvalue weighted by Gasteiger charge is 2.18. The number of anilines is 1. The predicted octanol–water partition coefficient (Wildman–Crippen LogP) is 3.13. The molecule has 114 valence electrons. The summed E-state index contributed by atoms with van der Waals surface area (Å²) in [6.07, 6.45) is 0. The molecule has 1 heterocycles. The Kier molecular flexibility index (Phi) is 5.73. The summed E-state index contributed by atoms with van der Waals surface area (Å²) >= 11 is 1.68. The van der Waals surface area contributed by atoms with E-state index in [1.165, 1.54) is 0 Å². The van der Waals surface area contributed by atoms with Gasteiger partial charge in [-0.25, -0.2) is 4.98 Å². The minimum atomic E-state index is 0.376. The maximum atomic E-state index is 5.90. The molecule has 5 heteroatoms. The van der Waals surface area contributed by atoms with Crippen LogP contribution >= 0.6 is 11.3 Å². The summed E-state index contributed by atoms with van der Waals surface area (Å²) in [6.45, 7) is 6.37. The number of hydrogen-bond donors (Lipinski definition) is 1. The normalized spacial score (nSPS) is 11.1. The number of rotatable bonds is 7. The van der Waals surface area contributed by atoms with E-state index >= 15 is 0 Å². The fourth-order valence-electron chi connectivity index (χ4n) is 2.19. The molecule has 0 aliphatic carbocycles. The maximum absolute atomic E-state index is 5.90. The highest BCUT2D eigenvalue weighted by atomic mass is 32.1. The molecule has 2 N–H and O–H groups in total. The molecule has 0 spiro atoms. The van der Waals surface area contributed by atoms with Gasteiger partial charge in [0.25, 0.3) is 0 Å². The third kappa shape index (κ3) is 3.81. The summed E-state index contributed by atoms with van der Waals surface area (Å²) in [5, 5.41) is 1.02. The summed E-state index contributed by atoms with van der Waals surface area (Å²) in [6, 6.07) is 10.6. The van der Waals surface area contributed by atoms with Crippen molar-refractivity contribution in [2.45, 2.75) is 26.4 Å². The van der Waals surface area contributed by atoms with E-state index < -0.39 is 0 Å². The van der Waals surface area contributed by atoms with Crippen molar-refractivity contribution in [1.29, 1.82) is 0 Å². The van der Waals surface area contributed by atoms with Crippen molar-refractivity contribution in [3.63, 3.8) is 0 Å². The number of ether oxygens (including phenoxy) is 1. The van der Waals surface area contributed by atoms with Gasteiger partial charge in [-0.2, -0.15) is 0 Å². The van der Waals surface area contributed by atoms with Gasteiger partial charge in [0, 0.05) is 36.7 Å². The van der Waals surface area contributed by atoms with Crippen LogP contribution in [0.2, 0.25) is 0 Å². The van der Waals surface area contributed by atoms with Crippen molar-refractivity contribution in [1.82, 2.24) is 4.98 Å². The highest BCUT2D eigenvalue weighted by molar-refractivity contribution is 7.16. The lowest BCUT2D eigenvalue weighted by atomic mass is 10.1. The van der Waals surface area contributed by atoms with Crippen LogP contribution in [0.1, 0.15) is 18.7 Å². The summed E-state index contributed by atoms with van der Waals surface area (Å²) < 4.78 is 5.20. The Morgan fingerprint density at radius 1 is 1.29 bits per heavy atom. The van der Waals surface area contributed by atoms with E-state index in [-0.39, 0.29) is 0 Å². The zero-order valence-electron chi connectivity index (χ0n) is 12.9. The second kappa shape index (κ2) is 7.54. The van der Waals surface area contributed by atoms with Crippen LogP contribution < -0.4 is 10.6 Å². The van der Waals surface area contributed by atoms with E-state index in [9.17, 15) is 0 Å². The summed E-state index contributed by atoms with van der Waals surface area (Å²) in [4.78, 5) is 8.22. The fraction of sp³-hybridized carbons (Fsp3) is 0.438. The van der Waals surface area contributed by atoms with E-state index in [1.807, 2.05) is 18.2 Å². The standard InChI is InChI=1S/C16H23N3OS/c1-12(2)19(9-10-20-3)16-18-15(14(11-17)21-16)13-7-5-4-6-8-13/h4-8,12H,9-11,17H2,1-3H3. The first-order valence-electron chi connectivity index (χ1n) is 7.18. The van der Waals surface area contributed by atoms with Crippen molar-refractivity contribution in [3.05, 3.63) is 35.2 Å². The Balaban J connectivity index is 2.35. The number of benzene rings is 1. The van der Waals surface area contributed by atoms with E-state index in [4.69, 9.17) is 15.5 Å². The minimum absolute atomic E-state index is 0.376. The zero-order chi connectivity index (χ0) is 15.2. The summed E-state index contributed by atoms with van der Waals surface area (Å²) in [7, 11) is 1.72. The third-order valence-electron chi connectivity index (χ3n) is 3.32. The van der Waals surface area contributed by atoms with Crippen LogP contribution in [0.25, 0.3) is 11.3 Å². The number of thiazole rings is 1. The number of nitrogens with two attached hydrogens (primary N) is 1. The Morgan fingerprint density at radius 3 is 2.57 bits per heavy atom. The average molecular weight is 305 g/mol. The van der Waals surface area contributed by atoms with Crippen molar-refractivity contribution in [3.8, 4) is 11.3 Å². The monoisotopic (exact) mass is 305 g/mol. The molecule has 0 amide bonds. The molecule has 0 unspecified atom stereocenters. The summed E-state index contributed by atoms with van der Waals surface area (Å²) in [5.74, 6) is 0. The van der Waals surface area contributed by atoms with Crippen LogP contribution in [0.15, 0.2) is 30.3 Å². The van der Waals surface area contributed by atoms with Gasteiger partial charge in [0.05, 0.1) is 12.3 Å². The van der Waals surface area contributed by atoms with Crippen molar-refractivity contribution in [2.24, 2.45) is 5.73 Å². The van der Waals surface area contributed by atoms with Gasteiger partial charge in [-0.1, -0.05) is 41.7 Å². The fourth-order valence-corrected chi connectivity index (χ4v) is 3.31. The summed E-state index contributed by atoms with van der Waals surface area (Å²) in [5.41, 5.74) is 8.03. The molecule has 0 bridgehead atoms. The Hall–Kier alpha value is -1.43. The second-order valence-electron chi connectivity index (χ2n) is 5.12. The van der Waals surface area contributed by atoms with Gasteiger partial charge in [-0.05, 0) is 13.8 Å². The van der Waals surface area contributed by atoms with Gasteiger partial charge < -0.3 is 15.4 Å². The van der Waals surface area contributed by atoms with E-state index in [0.717, 1.165) is 27.8 Å². The van der Waals surface area contributed by atoms with Crippen LogP contribution in [0.5, 0.6) is 0 Å². The molecule has 0 radical (unpaired) electrons. The molecular weight excluding hydrogens is 282 g/mol. The van der Waals surface area contributed by atoms with Gasteiger partial charge in [0.1, 0.15) is 0 Å². The molecule has 1 aromatic heterocycles. The second-order valence-corrected chi connectivity index (χ2v) is 6.18. The lowest BCUT2D eigenvalue weighted by Gasteiger charge is -2.25. The predicted molar refractivity (Wildman–Crippen MR) is 89.8 cm³/mol. The van der Waals surface area contributed by atoms with Crippen LogP contribution in [-0.2, 0) is 11.3 Å². The molecule has 0 saturated carbocycles. The largest absolute Gasteiger partial charge is 0.383 e. The van der Waals surface area contributed by atoms with Crippen molar-refractivity contribution < 1.29 is 4.74 Å². The molecule has 4 nitrogen and oxygen atoms in total. The first kappa shape index (κ1) is 15.9. The number of methoxy groups -OCH3 is 1. The molecule has 2 aromatic rings. The molecule has 0 fully saturated rings. The van der Waals surface area contributed by atoms with Gasteiger partial charge in [0.15, 0.2) is 5.13 Å². The Labute approximate surface area is 130 Å². The SMILES string of the molecule is COCCN(c1nc(-c2ccccc2)c(CN)s1)C(C)C. The third-order valence-corrected chi connectivity index (χ3v) is 4.44. The minimum Gasteiger partial charge on any atom is -0.383 e. The lowest BCUT2D eigenvalue weighted by molar-refractivity contribution is 0.204. The Bertz CT molecular complexity index is 554. The zero-order valence-corrected chi connectivity index (χ0v) is 13.7. The maximum Gasteiger partial charge on any atom is 0.186 e. The van der Waals surface area contributed by atoms with Gasteiger partial charge >= 0.3 is 0 Å². The van der Waals surface area contributed by atoms with Crippen LogP contribution in [0.4, 0.5) is 5.13 Å². The lowest BCUT2D eigenvalue weighted by Crippen LogP contribution is -2.33. The first-order chi connectivity index (χ1) is 10.2. The molecule has 0 aliphatic heterocycles. The number of aromatic nitrogens is 1. The highest BCUT2D eigenvalue weighted by Crippen LogP contribution is 2.33. The van der Waals surface area contributed by atoms with Crippen LogP contribution in [-0.4, -0.2) is 31.3 Å². The van der Waals surface area contributed by atoms with E-state index in [1.54, 1.807) is 18.4 Å². The first-order valence-corrected chi connectivity index (χ1v) is 7.99. The molecule has 2 rings (SSSR count). The number of hydrogen-bond acceptors (Lipinski definition) is 5. The van der Waals surface area contributed by atoms with Gasteiger partial charge in [-0.15, -0.1) is 0 Å². The van der Waals surface area contributed by atoms with Gasteiger partial charge in [0.2, 0.25) is 0 Å². The average Bonchev–Trinajstić information content (AvgIpc) is 2.92. The quantitative estimate of drug-likeness (QED) is 0.854. The topological polar surface area (TPSA) is 51.4 Å². The molecular formula is C16H23N3OS. The smallest absolute Gasteiger partial charge is 0.186 e. The molecule has 1 aromatic carbocycles. The molecule has 0 aliphatic rings. The molecule has 0 atom stereocenters. The van der Waals surface area contributed by atoms with E-state index in [2.05, 4.69) is 30.9 Å².